The van der Waals surface area contributed by atoms with Crippen LogP contribution in [0.15, 0.2) is 24.3 Å². The molecular formula is C17H27NO3. The largest absolute Gasteiger partial charge is 0.497 e. The average molecular weight is 293 g/mol. The van der Waals surface area contributed by atoms with Gasteiger partial charge in [0.1, 0.15) is 23.2 Å². The molecule has 1 aliphatic carbocycles. The van der Waals surface area contributed by atoms with Gasteiger partial charge in [-0.1, -0.05) is 25.3 Å². The minimum absolute atomic E-state index is 0.222. The first-order valence-electron chi connectivity index (χ1n) is 7.71. The fourth-order valence-corrected chi connectivity index (χ4v) is 2.97. The standard InChI is InChI=1S/C17H27NO3/c1-18(2)13-16(17(19)10-5-4-6-11-17)21-15-9-7-8-14(12-15)20-3/h7-9,12,16,19H,4-6,10-11,13H2,1-3H3. The molecule has 4 heteroatoms. The van der Waals surface area contributed by atoms with Crippen LogP contribution >= 0.6 is 0 Å². The van der Waals surface area contributed by atoms with Crippen molar-refractivity contribution in [1.29, 1.82) is 0 Å². The van der Waals surface area contributed by atoms with E-state index in [4.69, 9.17) is 9.47 Å². The summed E-state index contributed by atoms with van der Waals surface area (Å²) in [5.74, 6) is 1.52. The Hall–Kier alpha value is -1.26. The van der Waals surface area contributed by atoms with Crippen molar-refractivity contribution < 1.29 is 14.6 Å². The van der Waals surface area contributed by atoms with E-state index in [0.717, 1.165) is 37.2 Å². The minimum Gasteiger partial charge on any atom is -0.497 e. The van der Waals surface area contributed by atoms with E-state index in [1.807, 2.05) is 38.4 Å². The number of methoxy groups -OCH3 is 1. The Bertz CT molecular complexity index is 441. The van der Waals surface area contributed by atoms with Crippen LogP contribution in [0, 0.1) is 0 Å². The second-order valence-corrected chi connectivity index (χ2v) is 6.21. The normalized spacial score (nSPS) is 19.3. The molecule has 0 radical (unpaired) electrons. The van der Waals surface area contributed by atoms with Crippen LogP contribution in [0.25, 0.3) is 0 Å². The molecular weight excluding hydrogens is 266 g/mol. The van der Waals surface area contributed by atoms with Gasteiger partial charge in [-0.15, -0.1) is 0 Å². The minimum atomic E-state index is -0.731. The summed E-state index contributed by atoms with van der Waals surface area (Å²) >= 11 is 0. The van der Waals surface area contributed by atoms with Gasteiger partial charge >= 0.3 is 0 Å². The average Bonchev–Trinajstić information content (AvgIpc) is 2.47. The Kier molecular flexibility index (Phi) is 5.48. The van der Waals surface area contributed by atoms with Crippen LogP contribution in [0.2, 0.25) is 0 Å². The van der Waals surface area contributed by atoms with Crippen molar-refractivity contribution in [2.24, 2.45) is 0 Å². The summed E-state index contributed by atoms with van der Waals surface area (Å²) in [6.45, 7) is 0.702. The molecule has 0 aromatic heterocycles. The van der Waals surface area contributed by atoms with Crippen molar-refractivity contribution in [1.82, 2.24) is 4.90 Å². The van der Waals surface area contributed by atoms with Gasteiger partial charge in [-0.2, -0.15) is 0 Å². The zero-order chi connectivity index (χ0) is 15.3. The smallest absolute Gasteiger partial charge is 0.140 e. The number of nitrogens with zero attached hydrogens (tertiary/aromatic N) is 1. The van der Waals surface area contributed by atoms with Crippen LogP contribution in [-0.4, -0.2) is 49.5 Å². The maximum absolute atomic E-state index is 11.0. The molecule has 21 heavy (non-hydrogen) atoms. The molecule has 1 aromatic carbocycles. The highest BCUT2D eigenvalue weighted by molar-refractivity contribution is 5.33. The molecule has 0 spiro atoms. The van der Waals surface area contributed by atoms with E-state index in [1.165, 1.54) is 6.42 Å². The molecule has 1 aromatic rings. The maximum Gasteiger partial charge on any atom is 0.140 e. The van der Waals surface area contributed by atoms with Gasteiger partial charge in [-0.05, 0) is 39.1 Å². The van der Waals surface area contributed by atoms with Crippen molar-refractivity contribution in [3.8, 4) is 11.5 Å². The molecule has 1 N–H and O–H groups in total. The first-order valence-corrected chi connectivity index (χ1v) is 7.71. The van der Waals surface area contributed by atoms with Crippen molar-refractivity contribution >= 4 is 0 Å². The molecule has 1 atom stereocenters. The van der Waals surface area contributed by atoms with Crippen molar-refractivity contribution in [3.05, 3.63) is 24.3 Å². The van der Waals surface area contributed by atoms with E-state index < -0.39 is 5.60 Å². The van der Waals surface area contributed by atoms with E-state index in [2.05, 4.69) is 4.90 Å². The Balaban J connectivity index is 2.15. The van der Waals surface area contributed by atoms with Crippen LogP contribution in [-0.2, 0) is 0 Å². The van der Waals surface area contributed by atoms with Crippen molar-refractivity contribution in [3.63, 3.8) is 0 Å². The van der Waals surface area contributed by atoms with Crippen molar-refractivity contribution in [2.45, 2.75) is 43.8 Å². The molecule has 0 bridgehead atoms. The van der Waals surface area contributed by atoms with E-state index >= 15 is 0 Å². The lowest BCUT2D eigenvalue weighted by atomic mass is 9.80. The Morgan fingerprint density at radius 2 is 1.86 bits per heavy atom. The fourth-order valence-electron chi connectivity index (χ4n) is 2.97. The number of hydrogen-bond acceptors (Lipinski definition) is 4. The van der Waals surface area contributed by atoms with Gasteiger partial charge in [-0.25, -0.2) is 0 Å². The molecule has 2 rings (SSSR count). The topological polar surface area (TPSA) is 41.9 Å². The SMILES string of the molecule is COc1cccc(OC(CN(C)C)C2(O)CCCCC2)c1. The Morgan fingerprint density at radius 3 is 2.48 bits per heavy atom. The summed E-state index contributed by atoms with van der Waals surface area (Å²) < 4.78 is 11.4. The Labute approximate surface area is 127 Å². The lowest BCUT2D eigenvalue weighted by Gasteiger charge is -2.40. The van der Waals surface area contributed by atoms with Crippen LogP contribution in [0.4, 0.5) is 0 Å². The van der Waals surface area contributed by atoms with Gasteiger partial charge < -0.3 is 19.5 Å². The van der Waals surface area contributed by atoms with Crippen LogP contribution < -0.4 is 9.47 Å². The summed E-state index contributed by atoms with van der Waals surface area (Å²) in [7, 11) is 5.66. The predicted octanol–water partition coefficient (Wildman–Crippen LogP) is 2.70. The first kappa shape index (κ1) is 16.1. The molecule has 1 fully saturated rings. The van der Waals surface area contributed by atoms with E-state index in [9.17, 15) is 5.11 Å². The fraction of sp³-hybridized carbons (Fsp3) is 0.647. The van der Waals surface area contributed by atoms with Gasteiger partial charge in [0.05, 0.1) is 7.11 Å². The third kappa shape index (κ3) is 4.35. The zero-order valence-corrected chi connectivity index (χ0v) is 13.3. The number of ether oxygens (including phenoxy) is 2. The predicted molar refractivity (Wildman–Crippen MR) is 84.0 cm³/mol. The van der Waals surface area contributed by atoms with Gasteiger partial charge in [0, 0.05) is 12.6 Å². The summed E-state index contributed by atoms with van der Waals surface area (Å²) in [5, 5.41) is 11.0. The zero-order valence-electron chi connectivity index (χ0n) is 13.3. The summed E-state index contributed by atoms with van der Waals surface area (Å²) in [6, 6.07) is 7.58. The van der Waals surface area contributed by atoms with Gasteiger partial charge in [0.15, 0.2) is 0 Å². The summed E-state index contributed by atoms with van der Waals surface area (Å²) in [5.41, 5.74) is -0.731. The highest BCUT2D eigenvalue weighted by Gasteiger charge is 2.39. The van der Waals surface area contributed by atoms with Crippen LogP contribution in [0.5, 0.6) is 11.5 Å². The second kappa shape index (κ2) is 7.14. The third-order valence-electron chi connectivity index (χ3n) is 4.17. The number of aliphatic hydroxyl groups is 1. The summed E-state index contributed by atoms with van der Waals surface area (Å²) in [6.07, 6.45) is 4.75. The molecule has 0 aliphatic heterocycles. The maximum atomic E-state index is 11.0. The molecule has 4 nitrogen and oxygen atoms in total. The Morgan fingerprint density at radius 1 is 1.19 bits per heavy atom. The van der Waals surface area contributed by atoms with Gasteiger partial charge in [-0.3, -0.25) is 0 Å². The third-order valence-corrected chi connectivity index (χ3v) is 4.17. The monoisotopic (exact) mass is 293 g/mol. The molecule has 0 heterocycles. The van der Waals surface area contributed by atoms with Crippen LogP contribution in [0.3, 0.4) is 0 Å². The van der Waals surface area contributed by atoms with Gasteiger partial charge in [0.2, 0.25) is 0 Å². The number of hydrogen-bond donors (Lipinski definition) is 1. The number of rotatable bonds is 6. The van der Waals surface area contributed by atoms with Crippen molar-refractivity contribution in [2.75, 3.05) is 27.7 Å². The number of benzene rings is 1. The molecule has 0 saturated heterocycles. The van der Waals surface area contributed by atoms with E-state index in [-0.39, 0.29) is 6.10 Å². The molecule has 1 unspecified atom stereocenters. The molecule has 0 amide bonds. The second-order valence-electron chi connectivity index (χ2n) is 6.21. The van der Waals surface area contributed by atoms with Gasteiger partial charge in [0.25, 0.3) is 0 Å². The molecule has 1 saturated carbocycles. The lowest BCUT2D eigenvalue weighted by Crippen LogP contribution is -2.51. The van der Waals surface area contributed by atoms with E-state index in [1.54, 1.807) is 7.11 Å². The number of likely N-dealkylation sites (N-methyl/N-ethyl adjacent to an activating group) is 1. The molecule has 118 valence electrons. The van der Waals surface area contributed by atoms with Crippen LogP contribution in [0.1, 0.15) is 32.1 Å². The highest BCUT2D eigenvalue weighted by Crippen LogP contribution is 2.34. The van der Waals surface area contributed by atoms with E-state index in [0.29, 0.717) is 6.54 Å². The lowest BCUT2D eigenvalue weighted by molar-refractivity contribution is -0.0916. The summed E-state index contributed by atoms with van der Waals surface area (Å²) in [4.78, 5) is 2.07. The molecule has 1 aliphatic rings. The first-order chi connectivity index (χ1) is 10.0. The quantitative estimate of drug-likeness (QED) is 0.875. The highest BCUT2D eigenvalue weighted by atomic mass is 16.5.